The number of rotatable bonds is 9. The maximum absolute atomic E-state index is 13.3. The molecule has 20 heavy (non-hydrogen) atoms. The summed E-state index contributed by atoms with van der Waals surface area (Å²) in [4.78, 5) is 11.5. The van der Waals surface area contributed by atoms with E-state index in [-0.39, 0.29) is 6.54 Å². The predicted octanol–water partition coefficient (Wildman–Crippen LogP) is 2.31. The summed E-state index contributed by atoms with van der Waals surface area (Å²) in [5, 5.41) is 5.04. The maximum atomic E-state index is 13.3. The molecule has 1 amide bonds. The van der Waals surface area contributed by atoms with Crippen molar-refractivity contribution in [2.75, 3.05) is 31.6 Å². The third-order valence-electron chi connectivity index (χ3n) is 2.58. The minimum Gasteiger partial charge on any atom is -0.380 e. The number of ether oxygens (including phenoxy) is 1. The van der Waals surface area contributed by atoms with Crippen LogP contribution in [0, 0.1) is 11.6 Å². The minimum atomic E-state index is -0.791. The number of benzene rings is 1. The molecule has 0 aliphatic heterocycles. The van der Waals surface area contributed by atoms with Gasteiger partial charge in [-0.05, 0) is 18.6 Å². The lowest BCUT2D eigenvalue weighted by atomic mass is 10.3. The second kappa shape index (κ2) is 9.39. The Bertz CT molecular complexity index is 407. The zero-order valence-corrected chi connectivity index (χ0v) is 11.5. The zero-order valence-electron chi connectivity index (χ0n) is 11.5. The smallest absolute Gasteiger partial charge is 0.238 e. The molecule has 2 N–H and O–H groups in total. The van der Waals surface area contributed by atoms with Crippen molar-refractivity contribution >= 4 is 11.6 Å². The first kappa shape index (κ1) is 16.5. The number of hydrogen-bond donors (Lipinski definition) is 2. The number of carbonyl (C=O) groups excluding carboxylic acids is 1. The van der Waals surface area contributed by atoms with Gasteiger partial charge in [-0.2, -0.15) is 0 Å². The summed E-state index contributed by atoms with van der Waals surface area (Å²) in [7, 11) is 0. The molecule has 112 valence electrons. The van der Waals surface area contributed by atoms with Crippen LogP contribution in [0.5, 0.6) is 0 Å². The Morgan fingerprint density at radius 3 is 2.60 bits per heavy atom. The molecule has 0 aliphatic rings. The Balaban J connectivity index is 2.21. The number of nitrogens with one attached hydrogen (secondary N) is 2. The summed E-state index contributed by atoms with van der Waals surface area (Å²) < 4.78 is 31.9. The number of hydrogen-bond acceptors (Lipinski definition) is 3. The lowest BCUT2D eigenvalue weighted by molar-refractivity contribution is -0.115. The Labute approximate surface area is 117 Å². The van der Waals surface area contributed by atoms with Crippen LogP contribution in [0.4, 0.5) is 14.5 Å². The van der Waals surface area contributed by atoms with Crippen LogP contribution in [0.15, 0.2) is 18.2 Å². The van der Waals surface area contributed by atoms with Gasteiger partial charge in [0.1, 0.15) is 17.3 Å². The van der Waals surface area contributed by atoms with Crippen molar-refractivity contribution in [1.82, 2.24) is 5.32 Å². The molecule has 0 fully saturated rings. The van der Waals surface area contributed by atoms with Gasteiger partial charge in [0.05, 0.1) is 13.2 Å². The highest BCUT2D eigenvalue weighted by atomic mass is 19.1. The van der Waals surface area contributed by atoms with E-state index < -0.39 is 23.2 Å². The number of amides is 1. The summed E-state index contributed by atoms with van der Waals surface area (Å²) in [5.74, 6) is -2.08. The van der Waals surface area contributed by atoms with E-state index in [4.69, 9.17) is 4.74 Å². The third-order valence-corrected chi connectivity index (χ3v) is 2.58. The van der Waals surface area contributed by atoms with E-state index in [1.54, 1.807) is 0 Å². The van der Waals surface area contributed by atoms with Crippen LogP contribution in [-0.4, -0.2) is 32.2 Å². The van der Waals surface area contributed by atoms with Crippen molar-refractivity contribution in [3.8, 4) is 0 Å². The first-order valence-electron chi connectivity index (χ1n) is 6.67. The van der Waals surface area contributed by atoms with Gasteiger partial charge in [-0.25, -0.2) is 8.78 Å². The molecule has 0 spiro atoms. The van der Waals surface area contributed by atoms with Gasteiger partial charge in [0.15, 0.2) is 0 Å². The van der Waals surface area contributed by atoms with Crippen LogP contribution in [0.3, 0.4) is 0 Å². The van der Waals surface area contributed by atoms with E-state index in [9.17, 15) is 13.6 Å². The molecule has 0 heterocycles. The predicted molar refractivity (Wildman–Crippen MR) is 73.6 cm³/mol. The Hall–Kier alpha value is -1.53. The Morgan fingerprint density at radius 2 is 1.95 bits per heavy atom. The monoisotopic (exact) mass is 286 g/mol. The van der Waals surface area contributed by atoms with Gasteiger partial charge in [-0.1, -0.05) is 19.4 Å². The molecule has 0 radical (unpaired) electrons. The molecule has 1 aromatic carbocycles. The van der Waals surface area contributed by atoms with Crippen LogP contribution in [-0.2, 0) is 9.53 Å². The fourth-order valence-electron chi connectivity index (χ4n) is 1.50. The SMILES string of the molecule is CCCCOCCNCC(=O)Nc1c(F)cccc1F. The topological polar surface area (TPSA) is 50.4 Å². The largest absolute Gasteiger partial charge is 0.380 e. The van der Waals surface area contributed by atoms with Crippen LogP contribution >= 0.6 is 0 Å². The van der Waals surface area contributed by atoms with E-state index >= 15 is 0 Å². The van der Waals surface area contributed by atoms with Gasteiger partial charge in [0.2, 0.25) is 5.91 Å². The van der Waals surface area contributed by atoms with E-state index in [1.807, 2.05) is 0 Å². The first-order valence-corrected chi connectivity index (χ1v) is 6.67. The van der Waals surface area contributed by atoms with Gasteiger partial charge >= 0.3 is 0 Å². The normalized spacial score (nSPS) is 10.6. The van der Waals surface area contributed by atoms with Crippen LogP contribution in [0.25, 0.3) is 0 Å². The van der Waals surface area contributed by atoms with Gasteiger partial charge in [0.25, 0.3) is 0 Å². The molecule has 0 aromatic heterocycles. The second-order valence-corrected chi connectivity index (χ2v) is 4.29. The summed E-state index contributed by atoms with van der Waals surface area (Å²) in [5.41, 5.74) is -0.418. The van der Waals surface area contributed by atoms with E-state index in [2.05, 4.69) is 17.6 Å². The van der Waals surface area contributed by atoms with Gasteiger partial charge < -0.3 is 15.4 Å². The van der Waals surface area contributed by atoms with Crippen molar-refractivity contribution in [2.45, 2.75) is 19.8 Å². The molecule has 6 heteroatoms. The van der Waals surface area contributed by atoms with Gasteiger partial charge in [0, 0.05) is 13.2 Å². The van der Waals surface area contributed by atoms with Crippen molar-refractivity contribution in [1.29, 1.82) is 0 Å². The summed E-state index contributed by atoms with van der Waals surface area (Å²) in [6.45, 7) is 3.77. The second-order valence-electron chi connectivity index (χ2n) is 4.29. The van der Waals surface area contributed by atoms with Crippen LogP contribution in [0.2, 0.25) is 0 Å². The van der Waals surface area contributed by atoms with Gasteiger partial charge in [-0.3, -0.25) is 4.79 Å². The lowest BCUT2D eigenvalue weighted by Gasteiger charge is -2.08. The number of anilines is 1. The molecule has 0 bridgehead atoms. The van der Waals surface area contributed by atoms with Crippen molar-refractivity contribution < 1.29 is 18.3 Å². The van der Waals surface area contributed by atoms with Crippen molar-refractivity contribution in [2.24, 2.45) is 0 Å². The average Bonchev–Trinajstić information content (AvgIpc) is 2.42. The molecule has 4 nitrogen and oxygen atoms in total. The number of carbonyl (C=O) groups is 1. The molecule has 0 saturated carbocycles. The zero-order chi connectivity index (χ0) is 14.8. The van der Waals surface area contributed by atoms with Gasteiger partial charge in [-0.15, -0.1) is 0 Å². The van der Waals surface area contributed by atoms with Crippen molar-refractivity contribution in [3.63, 3.8) is 0 Å². The number of para-hydroxylation sites is 1. The molecule has 0 atom stereocenters. The average molecular weight is 286 g/mol. The highest BCUT2D eigenvalue weighted by Crippen LogP contribution is 2.17. The van der Waals surface area contributed by atoms with Crippen LogP contribution < -0.4 is 10.6 Å². The molecule has 1 rings (SSSR count). The lowest BCUT2D eigenvalue weighted by Crippen LogP contribution is -2.31. The number of halogens is 2. The summed E-state index contributed by atoms with van der Waals surface area (Å²) >= 11 is 0. The summed E-state index contributed by atoms with van der Waals surface area (Å²) in [6.07, 6.45) is 2.08. The number of unbranched alkanes of at least 4 members (excludes halogenated alkanes) is 1. The fourth-order valence-corrected chi connectivity index (χ4v) is 1.50. The fraction of sp³-hybridized carbons (Fsp3) is 0.500. The minimum absolute atomic E-state index is 0.0229. The van der Waals surface area contributed by atoms with E-state index in [0.717, 1.165) is 25.0 Å². The Kier molecular flexibility index (Phi) is 7.75. The highest BCUT2D eigenvalue weighted by molar-refractivity contribution is 5.92. The molecular formula is C14H20F2N2O2. The summed E-state index contributed by atoms with van der Waals surface area (Å²) in [6, 6.07) is 3.42. The molecule has 1 aromatic rings. The van der Waals surface area contributed by atoms with E-state index in [1.165, 1.54) is 6.07 Å². The van der Waals surface area contributed by atoms with Crippen molar-refractivity contribution in [3.05, 3.63) is 29.8 Å². The Morgan fingerprint density at radius 1 is 1.25 bits per heavy atom. The quantitative estimate of drug-likeness (QED) is 0.685. The molecule has 0 unspecified atom stereocenters. The first-order chi connectivity index (χ1) is 9.65. The van der Waals surface area contributed by atoms with E-state index in [0.29, 0.717) is 19.8 Å². The maximum Gasteiger partial charge on any atom is 0.238 e. The molecular weight excluding hydrogens is 266 g/mol. The highest BCUT2D eigenvalue weighted by Gasteiger charge is 2.11. The molecule has 0 saturated heterocycles. The standard InChI is InChI=1S/C14H20F2N2O2/c1-2-3-8-20-9-7-17-10-13(19)18-14-11(15)5-4-6-12(14)16/h4-6,17H,2-3,7-10H2,1H3,(H,18,19). The molecule has 0 aliphatic carbocycles. The third kappa shape index (κ3) is 6.08. The van der Waals surface area contributed by atoms with Crippen LogP contribution in [0.1, 0.15) is 19.8 Å².